The van der Waals surface area contributed by atoms with Crippen molar-refractivity contribution in [2.45, 2.75) is 13.3 Å². The first-order valence-corrected chi connectivity index (χ1v) is 4.07. The lowest BCUT2D eigenvalue weighted by atomic mass is 10.2. The van der Waals surface area contributed by atoms with Crippen LogP contribution < -0.4 is 0 Å². The topological polar surface area (TPSA) is 0 Å². The fraction of sp³-hybridized carbons (Fsp3) is 0.167. The van der Waals surface area contributed by atoms with Gasteiger partial charge in [0.25, 0.3) is 0 Å². The molecule has 0 aliphatic rings. The first-order valence-electron chi connectivity index (χ1n) is 4.07. The molecule has 0 aliphatic heterocycles. The molecule has 0 bridgehead atoms. The molecule has 64 valence electrons. The molecule has 0 atom stereocenters. The Balaban J connectivity index is 3.75. The van der Waals surface area contributed by atoms with Crippen LogP contribution in [0.5, 0.6) is 0 Å². The molecule has 0 amide bonds. The maximum atomic E-state index is 3.83. The van der Waals surface area contributed by atoms with Gasteiger partial charge in [0.05, 0.1) is 0 Å². The molecule has 0 heterocycles. The van der Waals surface area contributed by atoms with Crippen LogP contribution in [0, 0.1) is 0 Å². The second-order valence-electron chi connectivity index (χ2n) is 2.39. The summed E-state index contributed by atoms with van der Waals surface area (Å²) < 4.78 is 0. The first-order chi connectivity index (χ1) is 5.81. The molecule has 0 saturated carbocycles. The van der Waals surface area contributed by atoms with E-state index < -0.39 is 0 Å². The summed E-state index contributed by atoms with van der Waals surface area (Å²) in [5, 5.41) is 0. The maximum Gasteiger partial charge on any atom is -0.0169 e. The number of rotatable bonds is 5. The lowest BCUT2D eigenvalue weighted by molar-refractivity contribution is 1.41. The summed E-state index contributed by atoms with van der Waals surface area (Å²) in [6, 6.07) is 0. The molecule has 0 aliphatic carbocycles. The molecule has 0 aromatic carbocycles. The molecule has 0 saturated heterocycles. The van der Waals surface area contributed by atoms with Gasteiger partial charge in [-0.05, 0) is 18.9 Å². The van der Waals surface area contributed by atoms with Crippen LogP contribution in [0.1, 0.15) is 13.3 Å². The van der Waals surface area contributed by atoms with Gasteiger partial charge in [-0.3, -0.25) is 0 Å². The molecule has 0 unspecified atom stereocenters. The van der Waals surface area contributed by atoms with Gasteiger partial charge in [-0.2, -0.15) is 0 Å². The Bertz CT molecular complexity index is 214. The van der Waals surface area contributed by atoms with Crippen LogP contribution in [0.3, 0.4) is 0 Å². The van der Waals surface area contributed by atoms with E-state index in [9.17, 15) is 0 Å². The van der Waals surface area contributed by atoms with Crippen molar-refractivity contribution >= 4 is 0 Å². The zero-order valence-electron chi connectivity index (χ0n) is 7.66. The molecule has 0 N–H and O–H groups in total. The first kappa shape index (κ1) is 10.7. The van der Waals surface area contributed by atoms with E-state index in [1.54, 1.807) is 0 Å². The predicted molar refractivity (Wildman–Crippen MR) is 57.0 cm³/mol. The molecule has 0 aromatic rings. The van der Waals surface area contributed by atoms with Crippen molar-refractivity contribution in [3.63, 3.8) is 0 Å². The van der Waals surface area contributed by atoms with Crippen molar-refractivity contribution in [2.75, 3.05) is 0 Å². The van der Waals surface area contributed by atoms with Gasteiger partial charge in [0.1, 0.15) is 0 Å². The van der Waals surface area contributed by atoms with Gasteiger partial charge in [0, 0.05) is 0 Å². The smallest absolute Gasteiger partial charge is 0.0169 e. The lowest BCUT2D eigenvalue weighted by Crippen LogP contribution is -1.63. The van der Waals surface area contributed by atoms with Gasteiger partial charge >= 0.3 is 0 Å². The minimum atomic E-state index is 0.917. The van der Waals surface area contributed by atoms with E-state index in [2.05, 4.69) is 13.2 Å². The molecule has 0 nitrogen and oxygen atoms in total. The molecule has 0 spiro atoms. The SMILES string of the molecule is C=CC/C=C\C=C/C(=C)/C=C\C. The van der Waals surface area contributed by atoms with Crippen molar-refractivity contribution in [1.82, 2.24) is 0 Å². The third kappa shape index (κ3) is 6.81. The second-order valence-corrected chi connectivity index (χ2v) is 2.39. The Morgan fingerprint density at radius 1 is 1.25 bits per heavy atom. The highest BCUT2D eigenvalue weighted by molar-refractivity contribution is 5.29. The Hall–Kier alpha value is -1.30. The van der Waals surface area contributed by atoms with Gasteiger partial charge in [-0.1, -0.05) is 49.1 Å². The van der Waals surface area contributed by atoms with Crippen LogP contribution in [-0.4, -0.2) is 0 Å². The van der Waals surface area contributed by atoms with Crippen LogP contribution in [0.15, 0.2) is 61.3 Å². The van der Waals surface area contributed by atoms with Crippen molar-refractivity contribution in [3.8, 4) is 0 Å². The number of hydrogen-bond donors (Lipinski definition) is 0. The van der Waals surface area contributed by atoms with Crippen LogP contribution in [-0.2, 0) is 0 Å². The van der Waals surface area contributed by atoms with Crippen LogP contribution >= 0.6 is 0 Å². The van der Waals surface area contributed by atoms with Crippen molar-refractivity contribution in [2.24, 2.45) is 0 Å². The quantitative estimate of drug-likeness (QED) is 0.424. The lowest BCUT2D eigenvalue weighted by Gasteiger charge is -1.84. The van der Waals surface area contributed by atoms with Crippen LogP contribution in [0.2, 0.25) is 0 Å². The van der Waals surface area contributed by atoms with E-state index in [0.29, 0.717) is 0 Å². The highest BCUT2D eigenvalue weighted by Gasteiger charge is 1.74. The van der Waals surface area contributed by atoms with Gasteiger partial charge in [0.15, 0.2) is 0 Å². The molecule has 0 fully saturated rings. The van der Waals surface area contributed by atoms with Crippen LogP contribution in [0.4, 0.5) is 0 Å². The summed E-state index contributed by atoms with van der Waals surface area (Å²) in [6.07, 6.45) is 14.7. The van der Waals surface area contributed by atoms with E-state index in [4.69, 9.17) is 0 Å². The van der Waals surface area contributed by atoms with Crippen molar-refractivity contribution in [1.29, 1.82) is 0 Å². The minimum Gasteiger partial charge on any atom is -0.103 e. The molecule has 0 radical (unpaired) electrons. The van der Waals surface area contributed by atoms with Gasteiger partial charge in [-0.15, -0.1) is 6.58 Å². The van der Waals surface area contributed by atoms with E-state index in [1.165, 1.54) is 0 Å². The van der Waals surface area contributed by atoms with E-state index in [1.807, 2.05) is 49.5 Å². The fourth-order valence-electron chi connectivity index (χ4n) is 0.702. The Kier molecular flexibility index (Phi) is 6.96. The monoisotopic (exact) mass is 160 g/mol. The van der Waals surface area contributed by atoms with E-state index >= 15 is 0 Å². The Labute approximate surface area is 75.3 Å². The predicted octanol–water partition coefficient (Wildman–Crippen LogP) is 3.81. The summed E-state index contributed by atoms with van der Waals surface area (Å²) in [5.41, 5.74) is 1.01. The second kappa shape index (κ2) is 7.80. The summed E-state index contributed by atoms with van der Waals surface area (Å²) in [4.78, 5) is 0. The third-order valence-electron chi connectivity index (χ3n) is 1.24. The van der Waals surface area contributed by atoms with Gasteiger partial charge in [0.2, 0.25) is 0 Å². The average Bonchev–Trinajstić information content (AvgIpc) is 2.05. The Morgan fingerprint density at radius 3 is 2.58 bits per heavy atom. The summed E-state index contributed by atoms with van der Waals surface area (Å²) >= 11 is 0. The number of allylic oxidation sites excluding steroid dienone is 8. The summed E-state index contributed by atoms with van der Waals surface area (Å²) in [6.45, 7) is 9.43. The molecule has 12 heavy (non-hydrogen) atoms. The molecular formula is C12H16. The zero-order valence-corrected chi connectivity index (χ0v) is 7.66. The van der Waals surface area contributed by atoms with E-state index in [-0.39, 0.29) is 0 Å². The maximum absolute atomic E-state index is 3.83. The standard InChI is InChI=1S/C12H16/c1-4-6-7-8-9-11-12(3)10-5-2/h4-5,7-11H,1,3,6H2,2H3/b8-7-,10-5-,11-9-. The average molecular weight is 160 g/mol. The van der Waals surface area contributed by atoms with Crippen molar-refractivity contribution in [3.05, 3.63) is 61.3 Å². The van der Waals surface area contributed by atoms with Gasteiger partial charge < -0.3 is 0 Å². The fourth-order valence-corrected chi connectivity index (χ4v) is 0.702. The molecular weight excluding hydrogens is 144 g/mol. The highest BCUT2D eigenvalue weighted by atomic mass is 13.8. The zero-order chi connectivity index (χ0) is 9.23. The highest BCUT2D eigenvalue weighted by Crippen LogP contribution is 1.95. The summed E-state index contributed by atoms with van der Waals surface area (Å²) in [5.74, 6) is 0. The van der Waals surface area contributed by atoms with Gasteiger partial charge in [-0.25, -0.2) is 0 Å². The minimum absolute atomic E-state index is 0.917. The number of hydrogen-bond acceptors (Lipinski definition) is 0. The van der Waals surface area contributed by atoms with E-state index in [0.717, 1.165) is 12.0 Å². The van der Waals surface area contributed by atoms with Crippen molar-refractivity contribution < 1.29 is 0 Å². The Morgan fingerprint density at radius 2 is 2.00 bits per heavy atom. The largest absolute Gasteiger partial charge is 0.103 e. The molecule has 0 rings (SSSR count). The van der Waals surface area contributed by atoms with Crippen LogP contribution in [0.25, 0.3) is 0 Å². The summed E-state index contributed by atoms with van der Waals surface area (Å²) in [7, 11) is 0. The normalized spacial score (nSPS) is 11.8. The molecule has 0 heteroatoms. The molecule has 0 aromatic heterocycles. The third-order valence-corrected chi connectivity index (χ3v) is 1.24.